The average Bonchev–Trinajstić information content (AvgIpc) is 2.75. The Morgan fingerprint density at radius 1 is 1.11 bits per heavy atom. The number of benzene rings is 2. The van der Waals surface area contributed by atoms with Crippen LogP contribution in [-0.2, 0) is 6.42 Å². The number of hydrogen-bond acceptors (Lipinski definition) is 0. The molecule has 3 rings (SSSR count). The monoisotopic (exact) mass is 363 g/mol. The van der Waals surface area contributed by atoms with Crippen molar-refractivity contribution in [1.29, 1.82) is 0 Å². The van der Waals surface area contributed by atoms with Crippen LogP contribution in [0.4, 0.5) is 0 Å². The number of aromatic nitrogens is 1. The number of allylic oxidation sites excluding steroid dienone is 1. The van der Waals surface area contributed by atoms with E-state index in [4.69, 9.17) is 0 Å². The summed E-state index contributed by atoms with van der Waals surface area (Å²) in [6.07, 6.45) is 3.03. The first-order valence-electron chi connectivity index (χ1n) is 5.73. The average molecular weight is 365 g/mol. The van der Waals surface area contributed by atoms with Gasteiger partial charge in [-0.1, -0.05) is 56.1 Å². The number of fused-ring (bicyclic) bond motifs is 3. The molecule has 3 heteroatoms. The topological polar surface area (TPSA) is 15.8 Å². The van der Waals surface area contributed by atoms with Gasteiger partial charge in [0, 0.05) is 20.8 Å². The number of halogens is 2. The van der Waals surface area contributed by atoms with Crippen LogP contribution >= 0.6 is 31.9 Å². The summed E-state index contributed by atoms with van der Waals surface area (Å²) in [6.45, 7) is 0. The van der Waals surface area contributed by atoms with Crippen LogP contribution in [0.2, 0.25) is 0 Å². The number of H-pyrrole nitrogens is 1. The van der Waals surface area contributed by atoms with Crippen molar-refractivity contribution >= 4 is 53.7 Å². The second-order valence-corrected chi connectivity index (χ2v) is 5.66. The standard InChI is InChI=1S/C15H11Br2N/c16-8-2-4-10-3-1-5-12-13-9-11(17)6-7-14(13)18-15(10)12/h1-3,5-9,18H,4H2. The Kier molecular flexibility index (Phi) is 3.27. The number of hydrogen-bond donors (Lipinski definition) is 1. The van der Waals surface area contributed by atoms with Crippen molar-refractivity contribution in [2.45, 2.75) is 6.42 Å². The first-order valence-corrected chi connectivity index (χ1v) is 7.44. The SMILES string of the molecule is BrC=CCc1cccc2c1[nH]c1ccc(Br)cc12. The summed E-state index contributed by atoms with van der Waals surface area (Å²) in [5, 5.41) is 2.55. The molecule has 2 aromatic carbocycles. The van der Waals surface area contributed by atoms with Gasteiger partial charge in [0.05, 0.1) is 5.52 Å². The fraction of sp³-hybridized carbons (Fsp3) is 0.0667. The van der Waals surface area contributed by atoms with Gasteiger partial charge in [0.1, 0.15) is 0 Å². The van der Waals surface area contributed by atoms with E-state index in [9.17, 15) is 0 Å². The zero-order valence-corrected chi connectivity index (χ0v) is 12.8. The van der Waals surface area contributed by atoms with Crippen LogP contribution < -0.4 is 0 Å². The molecule has 0 aliphatic heterocycles. The van der Waals surface area contributed by atoms with E-state index in [0.717, 1.165) is 10.9 Å². The molecular weight excluding hydrogens is 354 g/mol. The van der Waals surface area contributed by atoms with Crippen LogP contribution in [0, 0.1) is 0 Å². The minimum atomic E-state index is 0.927. The molecule has 0 fully saturated rings. The third-order valence-electron chi connectivity index (χ3n) is 3.11. The summed E-state index contributed by atoms with van der Waals surface area (Å²) < 4.78 is 1.11. The van der Waals surface area contributed by atoms with E-state index < -0.39 is 0 Å². The smallest absolute Gasteiger partial charge is 0.0500 e. The Balaban J connectivity index is 2.31. The lowest BCUT2D eigenvalue weighted by atomic mass is 10.1. The van der Waals surface area contributed by atoms with E-state index >= 15 is 0 Å². The molecule has 1 heterocycles. The largest absolute Gasteiger partial charge is 0.354 e. The quantitative estimate of drug-likeness (QED) is 0.614. The molecule has 0 amide bonds. The van der Waals surface area contributed by atoms with Gasteiger partial charge in [-0.2, -0.15) is 0 Å². The second kappa shape index (κ2) is 4.90. The molecule has 18 heavy (non-hydrogen) atoms. The summed E-state index contributed by atoms with van der Waals surface area (Å²) in [5.74, 6) is 0. The Morgan fingerprint density at radius 2 is 2.00 bits per heavy atom. The van der Waals surface area contributed by atoms with Crippen LogP contribution in [0.3, 0.4) is 0 Å². The second-order valence-electron chi connectivity index (χ2n) is 4.22. The zero-order chi connectivity index (χ0) is 12.5. The molecule has 3 aromatic rings. The van der Waals surface area contributed by atoms with Crippen LogP contribution in [0.5, 0.6) is 0 Å². The number of para-hydroxylation sites is 1. The molecule has 0 aliphatic rings. The maximum atomic E-state index is 3.53. The van der Waals surface area contributed by atoms with Gasteiger partial charge in [-0.3, -0.25) is 0 Å². The van der Waals surface area contributed by atoms with Crippen molar-refractivity contribution in [3.05, 3.63) is 57.5 Å². The van der Waals surface area contributed by atoms with Crippen molar-refractivity contribution in [2.24, 2.45) is 0 Å². The van der Waals surface area contributed by atoms with Gasteiger partial charge in [-0.15, -0.1) is 0 Å². The van der Waals surface area contributed by atoms with Crippen molar-refractivity contribution in [1.82, 2.24) is 4.98 Å². The minimum Gasteiger partial charge on any atom is -0.354 e. The lowest BCUT2D eigenvalue weighted by Gasteiger charge is -1.98. The highest BCUT2D eigenvalue weighted by atomic mass is 79.9. The fourth-order valence-corrected chi connectivity index (χ4v) is 2.84. The summed E-state index contributed by atoms with van der Waals surface area (Å²) in [5.41, 5.74) is 3.73. The van der Waals surface area contributed by atoms with E-state index in [1.807, 2.05) is 4.99 Å². The van der Waals surface area contributed by atoms with Crippen LogP contribution in [0.1, 0.15) is 5.56 Å². The van der Waals surface area contributed by atoms with E-state index in [2.05, 4.69) is 79.3 Å². The van der Waals surface area contributed by atoms with E-state index in [1.54, 1.807) is 0 Å². The van der Waals surface area contributed by atoms with Gasteiger partial charge in [0.2, 0.25) is 0 Å². The Bertz CT molecular complexity index is 741. The van der Waals surface area contributed by atoms with Gasteiger partial charge in [-0.25, -0.2) is 0 Å². The fourth-order valence-electron chi connectivity index (χ4n) is 2.30. The highest BCUT2D eigenvalue weighted by Crippen LogP contribution is 2.30. The number of rotatable bonds is 2. The van der Waals surface area contributed by atoms with Crippen molar-refractivity contribution in [2.75, 3.05) is 0 Å². The molecule has 1 nitrogen and oxygen atoms in total. The van der Waals surface area contributed by atoms with Gasteiger partial charge < -0.3 is 4.98 Å². The summed E-state index contributed by atoms with van der Waals surface area (Å²) in [6, 6.07) is 12.8. The number of aromatic amines is 1. The maximum absolute atomic E-state index is 3.53. The van der Waals surface area contributed by atoms with Crippen LogP contribution in [0.15, 0.2) is 51.9 Å². The lowest BCUT2D eigenvalue weighted by molar-refractivity contribution is 1.29. The van der Waals surface area contributed by atoms with Gasteiger partial charge >= 0.3 is 0 Å². The Labute approximate surface area is 122 Å². The molecule has 0 saturated carbocycles. The molecule has 0 spiro atoms. The maximum Gasteiger partial charge on any atom is 0.0500 e. The van der Waals surface area contributed by atoms with Crippen molar-refractivity contribution < 1.29 is 0 Å². The zero-order valence-electron chi connectivity index (χ0n) is 9.58. The van der Waals surface area contributed by atoms with E-state index in [0.29, 0.717) is 0 Å². The van der Waals surface area contributed by atoms with E-state index in [-0.39, 0.29) is 0 Å². The Morgan fingerprint density at radius 3 is 2.83 bits per heavy atom. The lowest BCUT2D eigenvalue weighted by Crippen LogP contribution is -1.82. The molecule has 1 N–H and O–H groups in total. The Hall–Kier alpha value is -1.06. The van der Waals surface area contributed by atoms with Gasteiger partial charge in [0.25, 0.3) is 0 Å². The van der Waals surface area contributed by atoms with Gasteiger partial charge in [0.15, 0.2) is 0 Å². The summed E-state index contributed by atoms with van der Waals surface area (Å²) >= 11 is 6.85. The normalized spacial score (nSPS) is 11.9. The molecule has 1 aromatic heterocycles. The minimum absolute atomic E-state index is 0.927. The third kappa shape index (κ3) is 2.02. The predicted molar refractivity (Wildman–Crippen MR) is 85.3 cm³/mol. The molecule has 0 unspecified atom stereocenters. The highest BCUT2D eigenvalue weighted by Gasteiger charge is 2.07. The van der Waals surface area contributed by atoms with Crippen LogP contribution in [-0.4, -0.2) is 4.98 Å². The molecule has 0 atom stereocenters. The summed E-state index contributed by atoms with van der Waals surface area (Å²) in [4.78, 5) is 5.42. The molecule has 0 bridgehead atoms. The molecule has 0 saturated heterocycles. The molecule has 90 valence electrons. The first-order chi connectivity index (χ1) is 8.79. The first kappa shape index (κ1) is 12.0. The molecular formula is C15H11Br2N. The third-order valence-corrected chi connectivity index (χ3v) is 3.98. The predicted octanol–water partition coefficient (Wildman–Crippen LogP) is 5.53. The number of nitrogens with one attached hydrogen (secondary N) is 1. The molecule has 0 radical (unpaired) electrons. The van der Waals surface area contributed by atoms with E-state index in [1.165, 1.54) is 27.4 Å². The highest BCUT2D eigenvalue weighted by molar-refractivity contribution is 9.11. The van der Waals surface area contributed by atoms with Crippen LogP contribution in [0.25, 0.3) is 21.8 Å². The summed E-state index contributed by atoms with van der Waals surface area (Å²) in [7, 11) is 0. The molecule has 0 aliphatic carbocycles. The van der Waals surface area contributed by atoms with Crippen molar-refractivity contribution in [3.63, 3.8) is 0 Å². The van der Waals surface area contributed by atoms with Crippen molar-refractivity contribution in [3.8, 4) is 0 Å². The van der Waals surface area contributed by atoms with Gasteiger partial charge in [-0.05, 0) is 35.2 Å².